The first-order valence-electron chi connectivity index (χ1n) is 6.54. The third-order valence-corrected chi connectivity index (χ3v) is 5.91. The molecule has 0 saturated heterocycles. The van der Waals surface area contributed by atoms with Crippen molar-refractivity contribution in [3.8, 4) is 0 Å². The van der Waals surface area contributed by atoms with Crippen molar-refractivity contribution < 1.29 is 0 Å². The lowest BCUT2D eigenvalue weighted by molar-refractivity contribution is 0.355. The molecule has 1 aliphatic carbocycles. The summed E-state index contributed by atoms with van der Waals surface area (Å²) in [5.41, 5.74) is 0. The highest BCUT2D eigenvalue weighted by Gasteiger charge is 2.22. The predicted octanol–water partition coefficient (Wildman–Crippen LogP) is 4.38. The maximum Gasteiger partial charge on any atom is 0.0388 e. The van der Waals surface area contributed by atoms with Crippen LogP contribution in [0.3, 0.4) is 0 Å². The molecule has 1 aliphatic rings. The fraction of sp³-hybridized carbons (Fsp3) is 0.714. The zero-order chi connectivity index (χ0) is 12.3. The monoisotopic (exact) mass is 269 g/mol. The van der Waals surface area contributed by atoms with Crippen LogP contribution in [0.2, 0.25) is 0 Å². The number of nitrogens with one attached hydrogen (secondary N) is 1. The van der Waals surface area contributed by atoms with Crippen LogP contribution >= 0.6 is 23.1 Å². The molecule has 3 heteroatoms. The molecule has 0 aliphatic heterocycles. The minimum atomic E-state index is 0.513. The molecule has 3 unspecified atom stereocenters. The Kier molecular flexibility index (Phi) is 4.95. The fourth-order valence-corrected chi connectivity index (χ4v) is 4.35. The number of thiophene rings is 1. The van der Waals surface area contributed by atoms with Crippen LogP contribution in [-0.2, 0) is 0 Å². The minimum Gasteiger partial charge on any atom is -0.307 e. The molecular formula is C14H23NS2. The molecule has 0 amide bonds. The van der Waals surface area contributed by atoms with E-state index < -0.39 is 0 Å². The summed E-state index contributed by atoms with van der Waals surface area (Å²) in [5.74, 6) is 0. The quantitative estimate of drug-likeness (QED) is 0.870. The molecule has 17 heavy (non-hydrogen) atoms. The SMILES string of the molecule is CSC1CCCC(NC(C)c2ccc(C)s2)C1. The zero-order valence-electron chi connectivity index (χ0n) is 11.0. The normalized spacial score (nSPS) is 27.0. The fourth-order valence-electron chi connectivity index (χ4n) is 2.63. The van der Waals surface area contributed by atoms with Gasteiger partial charge in [-0.25, -0.2) is 0 Å². The molecule has 3 atom stereocenters. The van der Waals surface area contributed by atoms with Crippen molar-refractivity contribution in [2.24, 2.45) is 0 Å². The van der Waals surface area contributed by atoms with Crippen molar-refractivity contribution in [2.45, 2.75) is 56.9 Å². The first-order chi connectivity index (χ1) is 8.19. The van der Waals surface area contributed by atoms with Gasteiger partial charge in [0.15, 0.2) is 0 Å². The van der Waals surface area contributed by atoms with Crippen LogP contribution in [0.25, 0.3) is 0 Å². The Bertz CT molecular complexity index is 348. The first kappa shape index (κ1) is 13.4. The van der Waals surface area contributed by atoms with Gasteiger partial charge < -0.3 is 5.32 Å². The third-order valence-electron chi connectivity index (χ3n) is 3.63. The van der Waals surface area contributed by atoms with E-state index in [0.29, 0.717) is 6.04 Å². The number of hydrogen-bond acceptors (Lipinski definition) is 3. The molecule has 0 radical (unpaired) electrons. The van der Waals surface area contributed by atoms with E-state index in [0.717, 1.165) is 11.3 Å². The summed E-state index contributed by atoms with van der Waals surface area (Å²) in [5, 5.41) is 4.68. The molecule has 1 saturated carbocycles. The van der Waals surface area contributed by atoms with Gasteiger partial charge in [-0.05, 0) is 51.5 Å². The molecule has 0 aromatic carbocycles. The van der Waals surface area contributed by atoms with E-state index in [1.54, 1.807) is 0 Å². The molecule has 1 aromatic heterocycles. The second kappa shape index (κ2) is 6.26. The molecule has 0 spiro atoms. The summed E-state index contributed by atoms with van der Waals surface area (Å²) in [4.78, 5) is 2.90. The van der Waals surface area contributed by atoms with E-state index in [1.807, 2.05) is 23.1 Å². The van der Waals surface area contributed by atoms with Gasteiger partial charge in [0.05, 0.1) is 0 Å². The Hall–Kier alpha value is 0.01000. The second-order valence-electron chi connectivity index (χ2n) is 5.06. The first-order valence-corrected chi connectivity index (χ1v) is 8.64. The van der Waals surface area contributed by atoms with Crippen LogP contribution in [0.1, 0.15) is 48.4 Å². The van der Waals surface area contributed by atoms with Crippen LogP contribution in [0.5, 0.6) is 0 Å². The number of rotatable bonds is 4. The van der Waals surface area contributed by atoms with Crippen molar-refractivity contribution >= 4 is 23.1 Å². The van der Waals surface area contributed by atoms with Crippen molar-refractivity contribution in [3.63, 3.8) is 0 Å². The maximum atomic E-state index is 3.81. The summed E-state index contributed by atoms with van der Waals surface area (Å²) in [6.07, 6.45) is 7.74. The van der Waals surface area contributed by atoms with Crippen molar-refractivity contribution in [1.29, 1.82) is 0 Å². The van der Waals surface area contributed by atoms with Gasteiger partial charge in [0.1, 0.15) is 0 Å². The molecule has 2 rings (SSSR count). The lowest BCUT2D eigenvalue weighted by Gasteiger charge is -2.30. The average Bonchev–Trinajstić information content (AvgIpc) is 2.76. The topological polar surface area (TPSA) is 12.0 Å². The highest BCUT2D eigenvalue weighted by atomic mass is 32.2. The van der Waals surface area contributed by atoms with Gasteiger partial charge in [-0.1, -0.05) is 6.42 Å². The van der Waals surface area contributed by atoms with Crippen molar-refractivity contribution in [1.82, 2.24) is 5.32 Å². The molecule has 1 nitrogen and oxygen atoms in total. The van der Waals surface area contributed by atoms with Gasteiger partial charge in [0, 0.05) is 27.1 Å². The average molecular weight is 269 g/mol. The number of thioether (sulfide) groups is 1. The summed E-state index contributed by atoms with van der Waals surface area (Å²) in [6, 6.07) is 5.73. The van der Waals surface area contributed by atoms with Crippen LogP contribution in [0, 0.1) is 6.92 Å². The van der Waals surface area contributed by atoms with Crippen molar-refractivity contribution in [2.75, 3.05) is 6.26 Å². The summed E-state index contributed by atoms with van der Waals surface area (Å²) >= 11 is 3.96. The van der Waals surface area contributed by atoms with E-state index in [2.05, 4.69) is 37.6 Å². The number of aryl methyl sites for hydroxylation is 1. The Morgan fingerprint density at radius 3 is 2.88 bits per heavy atom. The summed E-state index contributed by atoms with van der Waals surface area (Å²) in [6.45, 7) is 4.49. The maximum absolute atomic E-state index is 3.81. The van der Waals surface area contributed by atoms with E-state index in [-0.39, 0.29) is 0 Å². The summed E-state index contributed by atoms with van der Waals surface area (Å²) in [7, 11) is 0. The second-order valence-corrected chi connectivity index (χ2v) is 7.52. The molecule has 1 heterocycles. The molecule has 96 valence electrons. The molecule has 1 N–H and O–H groups in total. The zero-order valence-corrected chi connectivity index (χ0v) is 12.7. The van der Waals surface area contributed by atoms with E-state index in [4.69, 9.17) is 0 Å². The van der Waals surface area contributed by atoms with Crippen molar-refractivity contribution in [3.05, 3.63) is 21.9 Å². The standard InChI is InChI=1S/C14H23NS2/c1-10-7-8-14(17-10)11(2)15-12-5-4-6-13(9-12)16-3/h7-8,11-13,15H,4-6,9H2,1-3H3. The highest BCUT2D eigenvalue weighted by molar-refractivity contribution is 7.99. The Balaban J connectivity index is 1.87. The van der Waals surface area contributed by atoms with Crippen LogP contribution in [0.15, 0.2) is 12.1 Å². The van der Waals surface area contributed by atoms with Crippen LogP contribution in [-0.4, -0.2) is 17.5 Å². The molecule has 0 bridgehead atoms. The highest BCUT2D eigenvalue weighted by Crippen LogP contribution is 2.29. The van der Waals surface area contributed by atoms with Gasteiger partial charge >= 0.3 is 0 Å². The Labute approximate surface area is 113 Å². The Morgan fingerprint density at radius 2 is 2.24 bits per heavy atom. The molecule has 1 aromatic rings. The van der Waals surface area contributed by atoms with Gasteiger partial charge in [-0.15, -0.1) is 11.3 Å². The van der Waals surface area contributed by atoms with E-state index in [1.165, 1.54) is 35.4 Å². The van der Waals surface area contributed by atoms with Gasteiger partial charge in [0.2, 0.25) is 0 Å². The smallest absolute Gasteiger partial charge is 0.0388 e. The number of hydrogen-bond donors (Lipinski definition) is 1. The Morgan fingerprint density at radius 1 is 1.41 bits per heavy atom. The lowest BCUT2D eigenvalue weighted by Crippen LogP contribution is -2.36. The summed E-state index contributed by atoms with van der Waals surface area (Å²) < 4.78 is 0. The largest absolute Gasteiger partial charge is 0.307 e. The lowest BCUT2D eigenvalue weighted by atomic mass is 9.94. The van der Waals surface area contributed by atoms with E-state index >= 15 is 0 Å². The minimum absolute atomic E-state index is 0.513. The van der Waals surface area contributed by atoms with Gasteiger partial charge in [-0.3, -0.25) is 0 Å². The predicted molar refractivity (Wildman–Crippen MR) is 80.2 cm³/mol. The molecular weight excluding hydrogens is 246 g/mol. The molecule has 1 fully saturated rings. The van der Waals surface area contributed by atoms with E-state index in [9.17, 15) is 0 Å². The van der Waals surface area contributed by atoms with Crippen LogP contribution in [0.4, 0.5) is 0 Å². The van der Waals surface area contributed by atoms with Crippen LogP contribution < -0.4 is 5.32 Å². The van der Waals surface area contributed by atoms with Gasteiger partial charge in [-0.2, -0.15) is 11.8 Å². The van der Waals surface area contributed by atoms with Gasteiger partial charge in [0.25, 0.3) is 0 Å². The third kappa shape index (κ3) is 3.73.